The quantitative estimate of drug-likeness (QED) is 0.150. The maximum absolute atomic E-state index is 12.5. The van der Waals surface area contributed by atoms with Crippen molar-refractivity contribution in [2.45, 2.75) is 6.61 Å². The van der Waals surface area contributed by atoms with E-state index in [0.717, 1.165) is 44.6 Å². The van der Waals surface area contributed by atoms with Crippen molar-refractivity contribution in [3.63, 3.8) is 0 Å². The molecule has 0 aliphatic rings. The van der Waals surface area contributed by atoms with Crippen LogP contribution < -0.4 is 14.9 Å². The zero-order chi connectivity index (χ0) is 28.6. The number of para-hydroxylation sites is 1. The molecule has 0 saturated heterocycles. The summed E-state index contributed by atoms with van der Waals surface area (Å²) in [5.41, 5.74) is 6.93. The lowest BCUT2D eigenvalue weighted by atomic mass is 10.1. The van der Waals surface area contributed by atoms with E-state index in [1.54, 1.807) is 10.9 Å². The van der Waals surface area contributed by atoms with E-state index in [1.165, 1.54) is 0 Å². The van der Waals surface area contributed by atoms with Crippen LogP contribution in [-0.2, 0) is 11.4 Å². The highest BCUT2D eigenvalue weighted by atomic mass is 16.5. The van der Waals surface area contributed by atoms with Crippen molar-refractivity contribution in [2.24, 2.45) is 5.10 Å². The first kappa shape index (κ1) is 26.5. The van der Waals surface area contributed by atoms with E-state index >= 15 is 0 Å². The molecular weight excluding hydrogens is 524 g/mol. The predicted octanol–water partition coefficient (Wildman–Crippen LogP) is 6.80. The summed E-state index contributed by atoms with van der Waals surface area (Å²) in [4.78, 5) is 12.5. The van der Waals surface area contributed by atoms with Crippen LogP contribution in [0.4, 0.5) is 0 Å². The first-order valence-electron chi connectivity index (χ1n) is 13.6. The fourth-order valence-corrected chi connectivity index (χ4v) is 4.48. The molecule has 0 atom stereocenters. The summed E-state index contributed by atoms with van der Waals surface area (Å²) in [6.07, 6.45) is 3.47. The minimum Gasteiger partial charge on any atom is -0.489 e. The molecule has 0 fully saturated rings. The van der Waals surface area contributed by atoms with E-state index in [0.29, 0.717) is 12.4 Å². The second kappa shape index (κ2) is 12.7. The Morgan fingerprint density at radius 1 is 0.762 bits per heavy atom. The standard InChI is InChI=1S/C35H28N4O3/c40-34(25-42-33-20-15-27-11-7-8-12-29(27)21-33)37-36-22-30-23-39(31-13-5-2-6-14-31)38-35(30)28-16-18-32(19-17-28)41-24-26-9-3-1-4-10-26/h1-23H,24-25H2,(H,37,40)/b36-22-. The van der Waals surface area contributed by atoms with Gasteiger partial charge in [-0.2, -0.15) is 10.2 Å². The van der Waals surface area contributed by atoms with Gasteiger partial charge in [0.05, 0.1) is 11.9 Å². The van der Waals surface area contributed by atoms with E-state index in [1.807, 2.05) is 134 Å². The van der Waals surface area contributed by atoms with Gasteiger partial charge in [-0.25, -0.2) is 10.1 Å². The zero-order valence-corrected chi connectivity index (χ0v) is 22.8. The summed E-state index contributed by atoms with van der Waals surface area (Å²) in [5, 5.41) is 11.2. The third-order valence-electron chi connectivity index (χ3n) is 6.62. The number of rotatable bonds is 10. The molecule has 0 unspecified atom stereocenters. The Morgan fingerprint density at radius 2 is 1.45 bits per heavy atom. The van der Waals surface area contributed by atoms with Gasteiger partial charge in [-0.1, -0.05) is 78.9 Å². The molecule has 42 heavy (non-hydrogen) atoms. The fourth-order valence-electron chi connectivity index (χ4n) is 4.48. The number of nitrogens with one attached hydrogen (secondary N) is 1. The van der Waals surface area contributed by atoms with Gasteiger partial charge in [-0.05, 0) is 64.9 Å². The summed E-state index contributed by atoms with van der Waals surface area (Å²) >= 11 is 0. The Morgan fingerprint density at radius 3 is 2.24 bits per heavy atom. The molecule has 1 aromatic heterocycles. The molecule has 5 aromatic carbocycles. The molecule has 0 aliphatic heterocycles. The van der Waals surface area contributed by atoms with Crippen molar-refractivity contribution >= 4 is 22.9 Å². The number of benzene rings is 5. The van der Waals surface area contributed by atoms with E-state index in [4.69, 9.17) is 14.6 Å². The molecule has 0 spiro atoms. The number of nitrogens with zero attached hydrogens (tertiary/aromatic N) is 3. The van der Waals surface area contributed by atoms with Gasteiger partial charge in [0, 0.05) is 17.3 Å². The fraction of sp³-hybridized carbons (Fsp3) is 0.0571. The summed E-state index contributed by atoms with van der Waals surface area (Å²) in [6.45, 7) is 0.335. The van der Waals surface area contributed by atoms with Crippen LogP contribution in [-0.4, -0.2) is 28.5 Å². The van der Waals surface area contributed by atoms with Crippen LogP contribution in [0.3, 0.4) is 0 Å². The van der Waals surface area contributed by atoms with Crippen molar-refractivity contribution in [1.82, 2.24) is 15.2 Å². The lowest BCUT2D eigenvalue weighted by Gasteiger charge is -2.07. The maximum Gasteiger partial charge on any atom is 0.277 e. The molecular formula is C35H28N4O3. The van der Waals surface area contributed by atoms with Crippen molar-refractivity contribution in [1.29, 1.82) is 0 Å². The molecule has 1 heterocycles. The highest BCUT2D eigenvalue weighted by Crippen LogP contribution is 2.26. The van der Waals surface area contributed by atoms with Crippen molar-refractivity contribution in [3.8, 4) is 28.4 Å². The first-order valence-corrected chi connectivity index (χ1v) is 13.6. The van der Waals surface area contributed by atoms with Crippen LogP contribution in [0.15, 0.2) is 139 Å². The lowest BCUT2D eigenvalue weighted by Crippen LogP contribution is -2.24. The number of hydrazone groups is 1. The maximum atomic E-state index is 12.5. The molecule has 206 valence electrons. The minimum absolute atomic E-state index is 0.156. The molecule has 7 heteroatoms. The van der Waals surface area contributed by atoms with Crippen LogP contribution >= 0.6 is 0 Å². The monoisotopic (exact) mass is 552 g/mol. The molecule has 0 saturated carbocycles. The van der Waals surface area contributed by atoms with Crippen molar-refractivity contribution < 1.29 is 14.3 Å². The Kier molecular flexibility index (Phi) is 7.99. The zero-order valence-electron chi connectivity index (χ0n) is 22.8. The normalized spacial score (nSPS) is 11.0. The number of aromatic nitrogens is 2. The van der Waals surface area contributed by atoms with Gasteiger partial charge in [0.2, 0.25) is 0 Å². The predicted molar refractivity (Wildman–Crippen MR) is 165 cm³/mol. The van der Waals surface area contributed by atoms with E-state index in [2.05, 4.69) is 10.5 Å². The Labute approximate surface area is 243 Å². The van der Waals surface area contributed by atoms with Gasteiger partial charge in [0.1, 0.15) is 23.8 Å². The van der Waals surface area contributed by atoms with Crippen molar-refractivity contribution in [2.75, 3.05) is 6.61 Å². The highest BCUT2D eigenvalue weighted by Gasteiger charge is 2.12. The molecule has 6 rings (SSSR count). The third-order valence-corrected chi connectivity index (χ3v) is 6.62. The first-order chi connectivity index (χ1) is 20.7. The van der Waals surface area contributed by atoms with Gasteiger partial charge in [0.15, 0.2) is 6.61 Å². The van der Waals surface area contributed by atoms with E-state index in [-0.39, 0.29) is 12.5 Å². The Balaban J connectivity index is 1.14. The van der Waals surface area contributed by atoms with Crippen LogP contribution in [0.25, 0.3) is 27.7 Å². The van der Waals surface area contributed by atoms with Gasteiger partial charge >= 0.3 is 0 Å². The van der Waals surface area contributed by atoms with Crippen LogP contribution in [0.2, 0.25) is 0 Å². The van der Waals surface area contributed by atoms with E-state index in [9.17, 15) is 4.79 Å². The SMILES string of the molecule is O=C(COc1ccc2ccccc2c1)N/N=C\c1cn(-c2ccccc2)nc1-c1ccc(OCc2ccccc2)cc1. The number of ether oxygens (including phenoxy) is 2. The van der Waals surface area contributed by atoms with Gasteiger partial charge in [-0.15, -0.1) is 0 Å². The Hall–Kier alpha value is -5.69. The summed E-state index contributed by atoms with van der Waals surface area (Å²) in [5.74, 6) is 1.02. The number of hydrogen-bond donors (Lipinski definition) is 1. The molecule has 0 radical (unpaired) electrons. The van der Waals surface area contributed by atoms with Crippen LogP contribution in [0.1, 0.15) is 11.1 Å². The average Bonchev–Trinajstić information content (AvgIpc) is 3.48. The van der Waals surface area contributed by atoms with E-state index < -0.39 is 0 Å². The van der Waals surface area contributed by atoms with Crippen molar-refractivity contribution in [3.05, 3.63) is 145 Å². The average molecular weight is 553 g/mol. The molecule has 1 N–H and O–H groups in total. The largest absolute Gasteiger partial charge is 0.489 e. The molecule has 1 amide bonds. The molecule has 0 bridgehead atoms. The number of carbonyl (C=O) groups excluding carboxylic acids is 1. The highest BCUT2D eigenvalue weighted by molar-refractivity contribution is 5.90. The number of hydrogen-bond acceptors (Lipinski definition) is 5. The van der Waals surface area contributed by atoms with Crippen LogP contribution in [0, 0.1) is 0 Å². The van der Waals surface area contributed by atoms with Gasteiger partial charge < -0.3 is 9.47 Å². The smallest absolute Gasteiger partial charge is 0.277 e. The molecule has 7 nitrogen and oxygen atoms in total. The summed E-state index contributed by atoms with van der Waals surface area (Å²) in [7, 11) is 0. The molecule has 6 aromatic rings. The lowest BCUT2D eigenvalue weighted by molar-refractivity contribution is -0.123. The van der Waals surface area contributed by atoms with Crippen LogP contribution in [0.5, 0.6) is 11.5 Å². The number of fused-ring (bicyclic) bond motifs is 1. The molecule has 0 aliphatic carbocycles. The van der Waals surface area contributed by atoms with Gasteiger partial charge in [0.25, 0.3) is 5.91 Å². The Bertz CT molecular complexity index is 1810. The summed E-state index contributed by atoms with van der Waals surface area (Å²) in [6, 6.07) is 41.4. The topological polar surface area (TPSA) is 77.7 Å². The van der Waals surface area contributed by atoms with Gasteiger partial charge in [-0.3, -0.25) is 4.79 Å². The third kappa shape index (κ3) is 6.54. The summed E-state index contributed by atoms with van der Waals surface area (Å²) < 4.78 is 13.4. The second-order valence-electron chi connectivity index (χ2n) is 9.60. The minimum atomic E-state index is -0.365. The number of carbonyl (C=O) groups is 1. The number of amides is 1. The second-order valence-corrected chi connectivity index (χ2v) is 9.60.